The van der Waals surface area contributed by atoms with Gasteiger partial charge in [0.1, 0.15) is 0 Å². The first-order valence-electron chi connectivity index (χ1n) is 11.5. The summed E-state index contributed by atoms with van der Waals surface area (Å²) in [4.78, 5) is 4.87. The second-order valence-electron chi connectivity index (χ2n) is 8.81. The molecule has 0 spiro atoms. The summed E-state index contributed by atoms with van der Waals surface area (Å²) in [6, 6.07) is 37.3. The molecule has 0 saturated carbocycles. The SMILES string of the molecule is c1ccc2c(-n3c4cccnc4c4ccc5sc6ccccc6c5c43)c3ccccc3cc2c1. The molecule has 3 heterocycles. The van der Waals surface area contributed by atoms with E-state index in [0.29, 0.717) is 0 Å². The summed E-state index contributed by atoms with van der Waals surface area (Å²) < 4.78 is 5.10. The molecule has 0 amide bonds. The zero-order chi connectivity index (χ0) is 22.2. The molecule has 2 nitrogen and oxygen atoms in total. The second kappa shape index (κ2) is 6.66. The first kappa shape index (κ1) is 18.2. The van der Waals surface area contributed by atoms with Gasteiger partial charge in [0, 0.05) is 42.5 Å². The molecule has 3 aromatic heterocycles. The average Bonchev–Trinajstić information content (AvgIpc) is 3.43. The number of fused-ring (bicyclic) bond motifs is 9. The van der Waals surface area contributed by atoms with Gasteiger partial charge in [-0.05, 0) is 47.2 Å². The third-order valence-electron chi connectivity index (χ3n) is 6.99. The normalized spacial score (nSPS) is 12.1. The Morgan fingerprint density at radius 1 is 0.588 bits per heavy atom. The van der Waals surface area contributed by atoms with Crippen molar-refractivity contribution in [3.63, 3.8) is 0 Å². The van der Waals surface area contributed by atoms with Crippen molar-refractivity contribution < 1.29 is 0 Å². The van der Waals surface area contributed by atoms with Crippen molar-refractivity contribution in [1.29, 1.82) is 0 Å². The van der Waals surface area contributed by atoms with Crippen molar-refractivity contribution in [1.82, 2.24) is 9.55 Å². The zero-order valence-corrected chi connectivity index (χ0v) is 19.0. The highest BCUT2D eigenvalue weighted by molar-refractivity contribution is 7.26. The smallest absolute Gasteiger partial charge is 0.0963 e. The molecule has 0 fully saturated rings. The lowest BCUT2D eigenvalue weighted by Crippen LogP contribution is -1.97. The van der Waals surface area contributed by atoms with Gasteiger partial charge in [-0.3, -0.25) is 4.98 Å². The fraction of sp³-hybridized carbons (Fsp3) is 0. The topological polar surface area (TPSA) is 17.8 Å². The molecule has 0 saturated heterocycles. The van der Waals surface area contributed by atoms with E-state index in [2.05, 4.69) is 102 Å². The molecule has 8 aromatic rings. The number of nitrogens with zero attached hydrogens (tertiary/aromatic N) is 2. The van der Waals surface area contributed by atoms with Crippen LogP contribution in [-0.2, 0) is 0 Å². The lowest BCUT2D eigenvalue weighted by molar-refractivity contribution is 1.21. The van der Waals surface area contributed by atoms with Crippen molar-refractivity contribution in [2.75, 3.05) is 0 Å². The molecule has 0 unspecified atom stereocenters. The van der Waals surface area contributed by atoms with Crippen LogP contribution in [0.1, 0.15) is 0 Å². The molecule has 8 rings (SSSR count). The van der Waals surface area contributed by atoms with E-state index in [1.54, 1.807) is 0 Å². The van der Waals surface area contributed by atoms with Gasteiger partial charge in [0.2, 0.25) is 0 Å². The molecule has 0 N–H and O–H groups in total. The van der Waals surface area contributed by atoms with Crippen LogP contribution in [0.25, 0.3) is 69.3 Å². The molecule has 5 aromatic carbocycles. The highest BCUT2D eigenvalue weighted by atomic mass is 32.1. The largest absolute Gasteiger partial charge is 0.306 e. The quantitative estimate of drug-likeness (QED) is 0.228. The van der Waals surface area contributed by atoms with Crippen molar-refractivity contribution >= 4 is 75.0 Å². The number of hydrogen-bond acceptors (Lipinski definition) is 2. The fourth-order valence-corrected chi connectivity index (χ4v) is 6.70. The Hall–Kier alpha value is -4.21. The number of thiophene rings is 1. The van der Waals surface area contributed by atoms with Gasteiger partial charge in [0.15, 0.2) is 0 Å². The molecular formula is C31H18N2S. The predicted molar refractivity (Wildman–Crippen MR) is 146 cm³/mol. The number of rotatable bonds is 1. The maximum atomic E-state index is 4.87. The van der Waals surface area contributed by atoms with E-state index in [1.807, 2.05) is 23.6 Å². The van der Waals surface area contributed by atoms with E-state index in [1.165, 1.54) is 58.3 Å². The van der Waals surface area contributed by atoms with Crippen LogP contribution in [-0.4, -0.2) is 9.55 Å². The number of pyridine rings is 1. The standard InChI is InChI=1S/C31H18N2S/c1-3-10-21-19(8-1)18-20-9-2-4-11-22(20)30(21)33-25-13-7-17-32-29(25)24-15-16-27-28(31(24)33)23-12-5-6-14-26(23)34-27/h1-18H. The van der Waals surface area contributed by atoms with Crippen LogP contribution in [0.15, 0.2) is 109 Å². The number of hydrogen-bond donors (Lipinski definition) is 0. The predicted octanol–water partition coefficient (Wildman–Crippen LogP) is 8.85. The Labute approximate surface area is 199 Å². The summed E-state index contributed by atoms with van der Waals surface area (Å²) in [6.07, 6.45) is 1.91. The van der Waals surface area contributed by atoms with Crippen LogP contribution in [0.4, 0.5) is 0 Å². The maximum absolute atomic E-state index is 4.87. The molecule has 0 atom stereocenters. The second-order valence-corrected chi connectivity index (χ2v) is 9.89. The minimum atomic E-state index is 1.05. The van der Waals surface area contributed by atoms with Crippen LogP contribution < -0.4 is 0 Å². The summed E-state index contributed by atoms with van der Waals surface area (Å²) in [7, 11) is 0. The minimum absolute atomic E-state index is 1.05. The van der Waals surface area contributed by atoms with Gasteiger partial charge < -0.3 is 4.57 Å². The van der Waals surface area contributed by atoms with Crippen molar-refractivity contribution in [3.05, 3.63) is 109 Å². The van der Waals surface area contributed by atoms with Crippen LogP contribution in [0.2, 0.25) is 0 Å². The maximum Gasteiger partial charge on any atom is 0.0963 e. The highest BCUT2D eigenvalue weighted by Gasteiger charge is 2.21. The summed E-state index contributed by atoms with van der Waals surface area (Å²) in [5.41, 5.74) is 4.66. The lowest BCUT2D eigenvalue weighted by atomic mass is 10.0. The van der Waals surface area contributed by atoms with E-state index in [9.17, 15) is 0 Å². The Kier molecular flexibility index (Phi) is 3.57. The van der Waals surface area contributed by atoms with E-state index in [-0.39, 0.29) is 0 Å². The van der Waals surface area contributed by atoms with Crippen LogP contribution in [0.3, 0.4) is 0 Å². The summed E-state index contributed by atoms with van der Waals surface area (Å²) >= 11 is 1.86. The van der Waals surface area contributed by atoms with E-state index >= 15 is 0 Å². The average molecular weight is 451 g/mol. The molecule has 0 bridgehead atoms. The Bertz CT molecular complexity index is 2020. The Morgan fingerprint density at radius 3 is 2.09 bits per heavy atom. The van der Waals surface area contributed by atoms with Crippen molar-refractivity contribution in [3.8, 4) is 5.69 Å². The van der Waals surface area contributed by atoms with Gasteiger partial charge in [-0.15, -0.1) is 11.3 Å². The van der Waals surface area contributed by atoms with Gasteiger partial charge in [-0.25, -0.2) is 0 Å². The van der Waals surface area contributed by atoms with E-state index in [4.69, 9.17) is 4.98 Å². The molecule has 0 aliphatic rings. The molecule has 0 aliphatic carbocycles. The number of benzene rings is 5. The summed E-state index contributed by atoms with van der Waals surface area (Å²) in [6.45, 7) is 0. The van der Waals surface area contributed by atoms with Gasteiger partial charge in [-0.2, -0.15) is 0 Å². The van der Waals surface area contributed by atoms with Crippen LogP contribution >= 0.6 is 11.3 Å². The van der Waals surface area contributed by atoms with Crippen molar-refractivity contribution in [2.24, 2.45) is 0 Å². The van der Waals surface area contributed by atoms with Gasteiger partial charge in [0.25, 0.3) is 0 Å². The van der Waals surface area contributed by atoms with Crippen molar-refractivity contribution in [2.45, 2.75) is 0 Å². The zero-order valence-electron chi connectivity index (χ0n) is 18.2. The first-order chi connectivity index (χ1) is 16.9. The lowest BCUT2D eigenvalue weighted by Gasteiger charge is -2.16. The Morgan fingerprint density at radius 2 is 1.29 bits per heavy atom. The van der Waals surface area contributed by atoms with Crippen LogP contribution in [0, 0.1) is 0 Å². The summed E-state index contributed by atoms with van der Waals surface area (Å²) in [5.74, 6) is 0. The molecule has 158 valence electrons. The summed E-state index contributed by atoms with van der Waals surface area (Å²) in [5, 5.41) is 8.81. The van der Waals surface area contributed by atoms with Gasteiger partial charge in [0.05, 0.1) is 22.2 Å². The first-order valence-corrected chi connectivity index (χ1v) is 12.3. The fourth-order valence-electron chi connectivity index (χ4n) is 5.59. The van der Waals surface area contributed by atoms with Gasteiger partial charge in [-0.1, -0.05) is 66.7 Å². The highest BCUT2D eigenvalue weighted by Crippen LogP contribution is 2.44. The van der Waals surface area contributed by atoms with Crippen LogP contribution in [0.5, 0.6) is 0 Å². The van der Waals surface area contributed by atoms with E-state index < -0.39 is 0 Å². The molecule has 34 heavy (non-hydrogen) atoms. The number of aromatic nitrogens is 2. The molecular weight excluding hydrogens is 432 g/mol. The molecule has 0 aliphatic heterocycles. The third kappa shape index (κ3) is 2.32. The monoisotopic (exact) mass is 450 g/mol. The molecule has 3 heteroatoms. The minimum Gasteiger partial charge on any atom is -0.306 e. The third-order valence-corrected chi connectivity index (χ3v) is 8.12. The van der Waals surface area contributed by atoms with E-state index in [0.717, 1.165) is 11.0 Å². The van der Waals surface area contributed by atoms with Gasteiger partial charge >= 0.3 is 0 Å². The Balaban J connectivity index is 1.73. The molecule has 0 radical (unpaired) electrons.